The minimum Gasteiger partial charge on any atom is -0.397 e. The predicted molar refractivity (Wildman–Crippen MR) is 223 cm³/mol. The number of thioether (sulfide) groups is 1. The summed E-state index contributed by atoms with van der Waals surface area (Å²) in [7, 11) is 0. The van der Waals surface area contributed by atoms with Gasteiger partial charge in [-0.05, 0) is 39.8 Å². The predicted octanol–water partition coefficient (Wildman–Crippen LogP) is 12.5. The molecule has 5 heteroatoms. The molecular formula is C47H31N3S2. The number of fused-ring (bicyclic) bond motifs is 8. The van der Waals surface area contributed by atoms with Crippen molar-refractivity contribution in [1.29, 1.82) is 0 Å². The van der Waals surface area contributed by atoms with Crippen LogP contribution in [0.1, 0.15) is 16.7 Å². The van der Waals surface area contributed by atoms with Gasteiger partial charge in [-0.25, -0.2) is 4.98 Å². The Kier molecular flexibility index (Phi) is 7.48. The van der Waals surface area contributed by atoms with Crippen LogP contribution in [0, 0.1) is 0 Å². The smallest absolute Gasteiger partial charge is 0.0822 e. The lowest BCUT2D eigenvalue weighted by Gasteiger charge is -2.11. The lowest BCUT2D eigenvalue weighted by molar-refractivity contribution is 1.07. The van der Waals surface area contributed by atoms with Gasteiger partial charge in [0.05, 0.1) is 34.1 Å². The molecule has 0 bridgehead atoms. The van der Waals surface area contributed by atoms with Gasteiger partial charge in [-0.2, -0.15) is 0 Å². The maximum absolute atomic E-state index is 6.93. The van der Waals surface area contributed by atoms with Gasteiger partial charge in [-0.15, -0.1) is 11.3 Å². The Hall–Kier alpha value is -6.01. The molecular weight excluding hydrogens is 671 g/mol. The molecule has 3 nitrogen and oxygen atoms in total. The van der Waals surface area contributed by atoms with E-state index in [9.17, 15) is 0 Å². The molecule has 0 radical (unpaired) electrons. The van der Waals surface area contributed by atoms with Crippen molar-refractivity contribution in [1.82, 2.24) is 4.98 Å². The number of thiophene rings is 1. The van der Waals surface area contributed by atoms with E-state index < -0.39 is 0 Å². The Morgan fingerprint density at radius 3 is 2.10 bits per heavy atom. The van der Waals surface area contributed by atoms with Crippen molar-refractivity contribution in [3.63, 3.8) is 0 Å². The Morgan fingerprint density at radius 2 is 1.27 bits per heavy atom. The van der Waals surface area contributed by atoms with Gasteiger partial charge in [0.25, 0.3) is 0 Å². The molecule has 7 aromatic carbocycles. The second-order valence-electron chi connectivity index (χ2n) is 13.1. The molecule has 52 heavy (non-hydrogen) atoms. The number of aliphatic imine (C=N–C) groups is 1. The zero-order valence-corrected chi connectivity index (χ0v) is 29.7. The summed E-state index contributed by atoms with van der Waals surface area (Å²) in [6, 6.07) is 57.9. The molecule has 0 unspecified atom stereocenters. The van der Waals surface area contributed by atoms with Crippen LogP contribution < -0.4 is 5.73 Å². The molecule has 0 atom stereocenters. The van der Waals surface area contributed by atoms with E-state index in [4.69, 9.17) is 15.7 Å². The third-order valence-corrected chi connectivity index (χ3v) is 12.4. The number of allylic oxidation sites excluding steroid dienone is 1. The number of nitrogens with zero attached hydrogens (tertiary/aromatic N) is 2. The van der Waals surface area contributed by atoms with E-state index in [0.29, 0.717) is 6.54 Å². The average Bonchev–Trinajstić information content (AvgIpc) is 3.79. The Labute approximate surface area is 309 Å². The van der Waals surface area contributed by atoms with Crippen molar-refractivity contribution in [2.75, 3.05) is 0 Å². The Morgan fingerprint density at radius 1 is 0.596 bits per heavy atom. The highest BCUT2D eigenvalue weighted by molar-refractivity contribution is 8.05. The molecule has 1 aliphatic rings. The fourth-order valence-corrected chi connectivity index (χ4v) is 9.69. The van der Waals surface area contributed by atoms with Crippen LogP contribution in [0.15, 0.2) is 179 Å². The molecule has 0 saturated carbocycles. The molecule has 0 aliphatic carbocycles. The summed E-state index contributed by atoms with van der Waals surface area (Å²) in [5.74, 6) is 0. The maximum atomic E-state index is 6.93. The molecule has 9 aromatic rings. The zero-order chi connectivity index (χ0) is 34.6. The summed E-state index contributed by atoms with van der Waals surface area (Å²) in [5.41, 5.74) is 17.4. The average molecular weight is 702 g/mol. The summed E-state index contributed by atoms with van der Waals surface area (Å²) < 4.78 is 2.57. The second-order valence-corrected chi connectivity index (χ2v) is 15.2. The number of rotatable bonds is 5. The van der Waals surface area contributed by atoms with Crippen LogP contribution in [0.5, 0.6) is 0 Å². The standard InChI is InChI=1S/C47H31N3S2/c48-42(47-45(37-15-7-9-17-40(37)52-47)49-28-29-10-2-1-3-11-29)33-22-18-30(19-23-33)31-20-24-34(25-21-31)43-41-36-14-6-8-16-39(36)51-46(41)38-27-26-32-12-4-5-13-35(32)44(38)50-43/h1-27H,28,48H2/b47-42+,49-45?. The summed E-state index contributed by atoms with van der Waals surface area (Å²) in [6.45, 7) is 0.607. The molecule has 0 amide bonds. The van der Waals surface area contributed by atoms with E-state index in [1.165, 1.54) is 46.8 Å². The van der Waals surface area contributed by atoms with Gasteiger partial charge < -0.3 is 5.73 Å². The zero-order valence-electron chi connectivity index (χ0n) is 28.1. The van der Waals surface area contributed by atoms with Gasteiger partial charge in [0.15, 0.2) is 0 Å². The summed E-state index contributed by atoms with van der Waals surface area (Å²) in [5, 5.41) is 6.07. The van der Waals surface area contributed by atoms with Crippen LogP contribution in [0.2, 0.25) is 0 Å². The molecule has 0 saturated heterocycles. The van der Waals surface area contributed by atoms with Crippen LogP contribution in [0.3, 0.4) is 0 Å². The summed E-state index contributed by atoms with van der Waals surface area (Å²) in [6.07, 6.45) is 0. The molecule has 3 heterocycles. The third kappa shape index (κ3) is 5.20. The van der Waals surface area contributed by atoms with Gasteiger partial charge in [0.2, 0.25) is 0 Å². The quantitative estimate of drug-likeness (QED) is 0.182. The number of pyridine rings is 1. The van der Waals surface area contributed by atoms with Crippen molar-refractivity contribution in [2.24, 2.45) is 10.7 Å². The Balaban J connectivity index is 1.01. The van der Waals surface area contributed by atoms with Crippen molar-refractivity contribution >= 4 is 76.4 Å². The number of benzene rings is 7. The monoisotopic (exact) mass is 701 g/mol. The first-order valence-electron chi connectivity index (χ1n) is 17.4. The van der Waals surface area contributed by atoms with E-state index in [1.807, 2.05) is 17.4 Å². The molecule has 0 spiro atoms. The van der Waals surface area contributed by atoms with E-state index in [1.54, 1.807) is 11.8 Å². The van der Waals surface area contributed by atoms with E-state index in [0.717, 1.165) is 55.3 Å². The van der Waals surface area contributed by atoms with Crippen molar-refractivity contribution < 1.29 is 0 Å². The summed E-state index contributed by atoms with van der Waals surface area (Å²) in [4.78, 5) is 12.7. The highest BCUT2D eigenvalue weighted by Gasteiger charge is 2.26. The topological polar surface area (TPSA) is 51.3 Å². The van der Waals surface area contributed by atoms with Crippen molar-refractivity contribution in [3.05, 3.63) is 185 Å². The molecule has 2 N–H and O–H groups in total. The fraction of sp³-hybridized carbons (Fsp3) is 0.0213. The first-order valence-corrected chi connectivity index (χ1v) is 19.0. The molecule has 2 aromatic heterocycles. The lowest BCUT2D eigenvalue weighted by atomic mass is 9.97. The number of nitrogens with two attached hydrogens (primary N) is 1. The van der Waals surface area contributed by atoms with E-state index >= 15 is 0 Å². The normalized spacial score (nSPS) is 14.5. The van der Waals surface area contributed by atoms with Gasteiger partial charge in [-0.1, -0.05) is 163 Å². The lowest BCUT2D eigenvalue weighted by Crippen LogP contribution is -2.06. The summed E-state index contributed by atoms with van der Waals surface area (Å²) >= 11 is 3.56. The Bertz CT molecular complexity index is 2890. The minimum atomic E-state index is 0.607. The number of hydrogen-bond acceptors (Lipinski definition) is 5. The number of hydrogen-bond donors (Lipinski definition) is 1. The molecule has 0 fully saturated rings. The third-order valence-electron chi connectivity index (χ3n) is 9.97. The van der Waals surface area contributed by atoms with Gasteiger partial charge in [0, 0.05) is 47.0 Å². The molecule has 10 rings (SSSR count). The van der Waals surface area contributed by atoms with Crippen LogP contribution in [0.4, 0.5) is 0 Å². The highest BCUT2D eigenvalue weighted by Crippen LogP contribution is 2.45. The minimum absolute atomic E-state index is 0.607. The van der Waals surface area contributed by atoms with Crippen molar-refractivity contribution in [3.8, 4) is 22.4 Å². The van der Waals surface area contributed by atoms with E-state index in [2.05, 4.69) is 158 Å². The largest absolute Gasteiger partial charge is 0.397 e. The molecule has 246 valence electrons. The van der Waals surface area contributed by atoms with Crippen LogP contribution in [-0.4, -0.2) is 10.7 Å². The fourth-order valence-electron chi connectivity index (χ4n) is 7.32. The highest BCUT2D eigenvalue weighted by atomic mass is 32.2. The van der Waals surface area contributed by atoms with Crippen LogP contribution in [0.25, 0.3) is 69.9 Å². The van der Waals surface area contributed by atoms with Gasteiger partial charge in [0.1, 0.15) is 0 Å². The SMILES string of the molecule is N/C(=C1/Sc2ccccc2C1=NCc1ccccc1)c1ccc(-c2ccc(-c3nc4c5ccccc5ccc4c4sc5ccccc5c34)cc2)cc1. The van der Waals surface area contributed by atoms with Crippen LogP contribution in [-0.2, 0) is 6.54 Å². The first kappa shape index (κ1) is 30.8. The molecule has 1 aliphatic heterocycles. The number of aromatic nitrogens is 1. The van der Waals surface area contributed by atoms with Crippen LogP contribution >= 0.6 is 23.1 Å². The van der Waals surface area contributed by atoms with Gasteiger partial charge >= 0.3 is 0 Å². The second kappa shape index (κ2) is 12.6. The van der Waals surface area contributed by atoms with Gasteiger partial charge in [-0.3, -0.25) is 4.99 Å². The van der Waals surface area contributed by atoms with Crippen molar-refractivity contribution in [2.45, 2.75) is 11.4 Å². The first-order chi connectivity index (χ1) is 25.7. The van der Waals surface area contributed by atoms with E-state index in [-0.39, 0.29) is 0 Å². The maximum Gasteiger partial charge on any atom is 0.0822 e.